The number of carbonyl (C=O) groups excluding carboxylic acids is 1. The molecule has 0 aromatic heterocycles. The van der Waals surface area contributed by atoms with Crippen LogP contribution in [-0.4, -0.2) is 104 Å². The molecule has 12 heteroatoms. The highest BCUT2D eigenvalue weighted by Gasteiger charge is 2.53. The maximum Gasteiger partial charge on any atom is 0.342 e. The Balaban J connectivity index is 1.65. The van der Waals surface area contributed by atoms with Crippen LogP contribution in [0.5, 0.6) is 5.75 Å². The van der Waals surface area contributed by atoms with Gasteiger partial charge in [-0.05, 0) is 11.6 Å². The molecule has 7 N–H and O–H groups in total. The van der Waals surface area contributed by atoms with Crippen molar-refractivity contribution in [3.05, 3.63) is 65.2 Å². The normalized spacial score (nSPS) is 33.8. The van der Waals surface area contributed by atoms with Gasteiger partial charge in [0.2, 0.25) is 0 Å². The van der Waals surface area contributed by atoms with Gasteiger partial charge in [0.25, 0.3) is 0 Å². The molecule has 37 heavy (non-hydrogen) atoms. The number of rotatable bonds is 8. The van der Waals surface area contributed by atoms with Gasteiger partial charge >= 0.3 is 5.97 Å². The van der Waals surface area contributed by atoms with E-state index in [4.69, 9.17) is 18.9 Å². The third kappa shape index (κ3) is 5.48. The molecule has 2 aliphatic heterocycles. The Hall–Kier alpha value is -2.65. The smallest absolute Gasteiger partial charge is 0.342 e. The Morgan fingerprint density at radius 3 is 2.41 bits per heavy atom. The lowest BCUT2D eigenvalue weighted by Gasteiger charge is -2.43. The van der Waals surface area contributed by atoms with Crippen molar-refractivity contribution < 1.29 is 59.5 Å². The zero-order valence-corrected chi connectivity index (χ0v) is 19.7. The van der Waals surface area contributed by atoms with Gasteiger partial charge in [0, 0.05) is 5.56 Å². The Kier molecular flexibility index (Phi) is 8.43. The molecule has 4 rings (SSSR count). The fourth-order valence-electron chi connectivity index (χ4n) is 4.37. The summed E-state index contributed by atoms with van der Waals surface area (Å²) in [7, 11) is 0. The van der Waals surface area contributed by atoms with Crippen molar-refractivity contribution in [2.24, 2.45) is 0 Å². The first-order valence-corrected chi connectivity index (χ1v) is 11.6. The summed E-state index contributed by atoms with van der Waals surface area (Å²) in [5.41, 5.74) is -1.61. The summed E-state index contributed by atoms with van der Waals surface area (Å²) in [6, 6.07) is 12.9. The fraction of sp³-hybridized carbons (Fsp3) is 0.480. The second-order valence-electron chi connectivity index (χ2n) is 9.05. The molecule has 2 aliphatic rings. The number of hydrogen-bond acceptors (Lipinski definition) is 12. The number of aromatic hydroxyl groups is 1. The van der Waals surface area contributed by atoms with Crippen LogP contribution in [-0.2, 0) is 25.6 Å². The number of ether oxygens (including phenoxy) is 4. The van der Waals surface area contributed by atoms with Crippen LogP contribution in [0.1, 0.15) is 27.6 Å². The molecule has 2 aromatic rings. The van der Waals surface area contributed by atoms with Gasteiger partial charge in [0.05, 0.1) is 19.8 Å². The Bertz CT molecular complexity index is 1060. The largest absolute Gasteiger partial charge is 0.507 e. The SMILES string of the molecule is O=C(OCc1ccccc1)c1c(O)cccc1[C@@H]1O[C@H](CO)[C@@H](O)[C@H](O)[C@H]1O[C@@H]1OC[C@](O)(CO)[C@H]1O. The van der Waals surface area contributed by atoms with Gasteiger partial charge in [-0.2, -0.15) is 0 Å². The number of phenolic OH excluding ortho intramolecular Hbond substituents is 1. The predicted octanol–water partition coefficient (Wildman–Crippen LogP) is -1.27. The molecular formula is C25H30O12. The monoisotopic (exact) mass is 522 g/mol. The summed E-state index contributed by atoms with van der Waals surface area (Å²) in [5.74, 6) is -1.36. The van der Waals surface area contributed by atoms with Crippen molar-refractivity contribution in [2.45, 2.75) is 55.1 Å². The molecule has 0 aliphatic carbocycles. The summed E-state index contributed by atoms with van der Waals surface area (Å²) < 4.78 is 22.1. The molecule has 12 nitrogen and oxygen atoms in total. The van der Waals surface area contributed by atoms with Crippen molar-refractivity contribution in [1.82, 2.24) is 0 Å². The lowest BCUT2D eigenvalue weighted by Crippen LogP contribution is -2.58. The van der Waals surface area contributed by atoms with Gasteiger partial charge in [0.15, 0.2) is 6.29 Å². The molecular weight excluding hydrogens is 492 g/mol. The van der Waals surface area contributed by atoms with E-state index in [1.165, 1.54) is 18.2 Å². The minimum Gasteiger partial charge on any atom is -0.507 e. The first kappa shape index (κ1) is 27.4. The van der Waals surface area contributed by atoms with E-state index in [0.717, 1.165) is 0 Å². The molecule has 2 saturated heterocycles. The maximum absolute atomic E-state index is 13.1. The van der Waals surface area contributed by atoms with Gasteiger partial charge in [-0.1, -0.05) is 42.5 Å². The van der Waals surface area contributed by atoms with Gasteiger partial charge in [0.1, 0.15) is 60.1 Å². The number of esters is 1. The predicted molar refractivity (Wildman–Crippen MR) is 123 cm³/mol. The van der Waals surface area contributed by atoms with Crippen molar-refractivity contribution in [3.8, 4) is 5.75 Å². The van der Waals surface area contributed by atoms with Crippen molar-refractivity contribution in [1.29, 1.82) is 0 Å². The number of carbonyl (C=O) groups is 1. The highest BCUT2D eigenvalue weighted by Crippen LogP contribution is 2.40. The average Bonchev–Trinajstić information content (AvgIpc) is 3.19. The second-order valence-corrected chi connectivity index (χ2v) is 9.05. The number of aliphatic hydroxyl groups excluding tert-OH is 5. The molecule has 0 unspecified atom stereocenters. The number of benzene rings is 2. The van der Waals surface area contributed by atoms with Crippen LogP contribution in [0.2, 0.25) is 0 Å². The van der Waals surface area contributed by atoms with Crippen molar-refractivity contribution in [3.63, 3.8) is 0 Å². The zero-order valence-electron chi connectivity index (χ0n) is 19.7. The molecule has 2 fully saturated rings. The highest BCUT2D eigenvalue weighted by molar-refractivity contribution is 5.94. The second kappa shape index (κ2) is 11.4. The van der Waals surface area contributed by atoms with E-state index in [2.05, 4.69) is 0 Å². The van der Waals surface area contributed by atoms with E-state index >= 15 is 0 Å². The van der Waals surface area contributed by atoms with E-state index in [1.807, 2.05) is 0 Å². The number of aliphatic hydroxyl groups is 6. The topological polar surface area (TPSA) is 196 Å². The Labute approximate surface area is 211 Å². The van der Waals surface area contributed by atoms with Crippen LogP contribution in [0.3, 0.4) is 0 Å². The fourth-order valence-corrected chi connectivity index (χ4v) is 4.37. The van der Waals surface area contributed by atoms with E-state index in [1.54, 1.807) is 30.3 Å². The van der Waals surface area contributed by atoms with Crippen LogP contribution in [0, 0.1) is 0 Å². The third-order valence-corrected chi connectivity index (χ3v) is 6.54. The van der Waals surface area contributed by atoms with E-state index < -0.39 is 80.1 Å². The van der Waals surface area contributed by atoms with Crippen molar-refractivity contribution >= 4 is 5.97 Å². The van der Waals surface area contributed by atoms with Crippen molar-refractivity contribution in [2.75, 3.05) is 19.8 Å². The molecule has 8 atom stereocenters. The highest BCUT2D eigenvalue weighted by atomic mass is 16.7. The van der Waals surface area contributed by atoms with Crippen LogP contribution >= 0.6 is 0 Å². The first-order valence-electron chi connectivity index (χ1n) is 11.6. The molecule has 2 heterocycles. The summed E-state index contributed by atoms with van der Waals surface area (Å²) >= 11 is 0. The minimum atomic E-state index is -2.02. The molecule has 0 saturated carbocycles. The Morgan fingerprint density at radius 1 is 1.03 bits per heavy atom. The van der Waals surface area contributed by atoms with Crippen LogP contribution in [0.4, 0.5) is 0 Å². The zero-order chi connectivity index (χ0) is 26.7. The summed E-state index contributed by atoms with van der Waals surface area (Å²) in [5, 5.41) is 71.7. The van der Waals surface area contributed by atoms with Gasteiger partial charge < -0.3 is 54.7 Å². The Morgan fingerprint density at radius 2 is 1.76 bits per heavy atom. The molecule has 0 radical (unpaired) electrons. The first-order chi connectivity index (χ1) is 17.7. The van der Waals surface area contributed by atoms with Crippen LogP contribution < -0.4 is 0 Å². The van der Waals surface area contributed by atoms with E-state index in [9.17, 15) is 40.5 Å². The number of phenols is 1. The molecule has 0 bridgehead atoms. The summed E-state index contributed by atoms with van der Waals surface area (Å²) in [6.07, 6.45) is -10.8. The van der Waals surface area contributed by atoms with Crippen LogP contribution in [0.15, 0.2) is 48.5 Å². The third-order valence-electron chi connectivity index (χ3n) is 6.54. The lowest BCUT2D eigenvalue weighted by molar-refractivity contribution is -0.286. The number of hydrogen-bond donors (Lipinski definition) is 7. The molecule has 0 amide bonds. The van der Waals surface area contributed by atoms with Gasteiger partial charge in [-0.15, -0.1) is 0 Å². The summed E-state index contributed by atoms with van der Waals surface area (Å²) in [6.45, 7) is -2.10. The van der Waals surface area contributed by atoms with Gasteiger partial charge in [-0.25, -0.2) is 4.79 Å². The minimum absolute atomic E-state index is 0.0115. The quantitative estimate of drug-likeness (QED) is 0.203. The summed E-state index contributed by atoms with van der Waals surface area (Å²) in [4.78, 5) is 13.1. The standard InChI is InChI=1S/C25H30O12/c26-9-16-18(29)19(30)21(37-24-22(31)25(33,11-27)12-35-24)20(36-16)14-7-4-8-15(28)17(14)23(32)34-10-13-5-2-1-3-6-13/h1-8,16,18-22,24,26-31,33H,9-12H2/t16-,18-,19+,20+,21-,22+,24+,25-/m1/s1. The maximum atomic E-state index is 13.1. The molecule has 0 spiro atoms. The van der Waals surface area contributed by atoms with Gasteiger partial charge in [-0.3, -0.25) is 0 Å². The van der Waals surface area contributed by atoms with E-state index in [0.29, 0.717) is 5.56 Å². The molecule has 202 valence electrons. The van der Waals surface area contributed by atoms with Crippen LogP contribution in [0.25, 0.3) is 0 Å². The lowest BCUT2D eigenvalue weighted by atomic mass is 9.88. The average molecular weight is 523 g/mol. The molecule has 2 aromatic carbocycles. The van der Waals surface area contributed by atoms with E-state index in [-0.39, 0.29) is 17.7 Å².